The molecule has 0 bridgehead atoms. The summed E-state index contributed by atoms with van der Waals surface area (Å²) in [6, 6.07) is 6.18. The summed E-state index contributed by atoms with van der Waals surface area (Å²) in [4.78, 5) is 29.0. The molecule has 0 aliphatic carbocycles. The number of halogens is 1. The topological polar surface area (TPSA) is 61.8 Å². The first-order valence-corrected chi connectivity index (χ1v) is 10.7. The Bertz CT molecular complexity index is 941. The van der Waals surface area contributed by atoms with Crippen LogP contribution in [0.3, 0.4) is 0 Å². The summed E-state index contributed by atoms with van der Waals surface area (Å²) in [5.41, 5.74) is 2.13. The van der Waals surface area contributed by atoms with Crippen molar-refractivity contribution in [2.75, 3.05) is 55.7 Å². The molecule has 1 amide bonds. The van der Waals surface area contributed by atoms with Gasteiger partial charge in [-0.05, 0) is 25.0 Å². The van der Waals surface area contributed by atoms with E-state index in [9.17, 15) is 9.18 Å². The number of rotatable bonds is 3. The molecule has 5 rings (SSSR count). The number of carbonyl (C=O) groups is 1. The number of benzene rings is 1. The van der Waals surface area contributed by atoms with E-state index >= 15 is 0 Å². The molecule has 30 heavy (non-hydrogen) atoms. The Hall–Kier alpha value is -2.74. The lowest BCUT2D eigenvalue weighted by Gasteiger charge is -2.34. The maximum atomic E-state index is 14.2. The molecule has 7 nitrogen and oxygen atoms in total. The van der Waals surface area contributed by atoms with Crippen LogP contribution in [-0.4, -0.2) is 66.7 Å². The molecule has 0 unspecified atom stereocenters. The fourth-order valence-corrected chi connectivity index (χ4v) is 4.46. The summed E-state index contributed by atoms with van der Waals surface area (Å²) in [5, 5.41) is 0. The molecule has 2 saturated heterocycles. The number of hydrogen-bond acceptors (Lipinski definition) is 6. The van der Waals surface area contributed by atoms with Crippen LogP contribution in [0.2, 0.25) is 0 Å². The second-order valence-electron chi connectivity index (χ2n) is 8.02. The van der Waals surface area contributed by atoms with E-state index in [0.29, 0.717) is 32.7 Å². The third kappa shape index (κ3) is 3.60. The van der Waals surface area contributed by atoms with Gasteiger partial charge in [-0.2, -0.15) is 4.98 Å². The minimum atomic E-state index is -0.480. The van der Waals surface area contributed by atoms with Gasteiger partial charge in [0.25, 0.3) is 5.91 Å². The lowest BCUT2D eigenvalue weighted by atomic mass is 10.0. The minimum Gasteiger partial charge on any atom is -0.378 e. The molecule has 1 aromatic heterocycles. The van der Waals surface area contributed by atoms with E-state index in [1.165, 1.54) is 6.07 Å². The van der Waals surface area contributed by atoms with Crippen LogP contribution in [0, 0.1) is 5.82 Å². The number of fused-ring (bicyclic) bond motifs is 1. The first kappa shape index (κ1) is 19.2. The number of morpholine rings is 1. The van der Waals surface area contributed by atoms with Crippen LogP contribution in [0.1, 0.15) is 34.5 Å². The number of anilines is 2. The van der Waals surface area contributed by atoms with Crippen LogP contribution in [-0.2, 0) is 17.7 Å². The molecule has 1 aromatic carbocycles. The average Bonchev–Trinajstić information content (AvgIpc) is 3.33. The highest BCUT2D eigenvalue weighted by Crippen LogP contribution is 2.31. The molecule has 0 atom stereocenters. The monoisotopic (exact) mass is 411 g/mol. The fourth-order valence-electron chi connectivity index (χ4n) is 4.46. The Morgan fingerprint density at radius 2 is 1.73 bits per heavy atom. The Balaban J connectivity index is 1.48. The van der Waals surface area contributed by atoms with Crippen molar-refractivity contribution in [2.24, 2.45) is 0 Å². The Morgan fingerprint density at radius 3 is 2.50 bits per heavy atom. The number of ether oxygens (including phenoxy) is 1. The van der Waals surface area contributed by atoms with Crippen LogP contribution in [0.25, 0.3) is 0 Å². The summed E-state index contributed by atoms with van der Waals surface area (Å²) < 4.78 is 19.7. The molecule has 0 radical (unpaired) electrons. The van der Waals surface area contributed by atoms with E-state index in [1.54, 1.807) is 23.1 Å². The number of aromatic nitrogens is 2. The predicted molar refractivity (Wildman–Crippen MR) is 111 cm³/mol. The number of nitrogens with zero attached hydrogens (tertiary/aromatic N) is 5. The van der Waals surface area contributed by atoms with E-state index < -0.39 is 5.82 Å². The molecule has 0 spiro atoms. The third-order valence-corrected chi connectivity index (χ3v) is 6.12. The van der Waals surface area contributed by atoms with Gasteiger partial charge < -0.3 is 19.4 Å². The highest BCUT2D eigenvalue weighted by molar-refractivity contribution is 5.94. The minimum absolute atomic E-state index is 0.120. The zero-order valence-corrected chi connectivity index (χ0v) is 17.0. The first-order chi connectivity index (χ1) is 14.7. The molecular formula is C22H26FN5O2. The van der Waals surface area contributed by atoms with Gasteiger partial charge in [-0.3, -0.25) is 4.79 Å². The van der Waals surface area contributed by atoms with Gasteiger partial charge in [0.1, 0.15) is 11.6 Å². The second-order valence-corrected chi connectivity index (χ2v) is 8.02. The number of carbonyl (C=O) groups excluding carboxylic acids is 1. The maximum Gasteiger partial charge on any atom is 0.257 e. The standard InChI is InChI=1S/C22H26FN5O2/c23-18-6-2-1-5-16(18)21(29)28-10-7-19-17(15-28)20(26-8-3-4-9-26)25-22(24-19)27-11-13-30-14-12-27/h1-2,5-6H,3-4,7-15H2. The van der Waals surface area contributed by atoms with Gasteiger partial charge in [0.15, 0.2) is 0 Å². The van der Waals surface area contributed by atoms with E-state index in [-0.39, 0.29) is 11.5 Å². The van der Waals surface area contributed by atoms with Crippen LogP contribution < -0.4 is 9.80 Å². The largest absolute Gasteiger partial charge is 0.378 e. The van der Waals surface area contributed by atoms with Crippen molar-refractivity contribution in [3.63, 3.8) is 0 Å². The first-order valence-electron chi connectivity index (χ1n) is 10.7. The van der Waals surface area contributed by atoms with Crippen LogP contribution in [0.4, 0.5) is 16.2 Å². The van der Waals surface area contributed by atoms with Gasteiger partial charge in [-0.25, -0.2) is 9.37 Å². The molecule has 2 aromatic rings. The van der Waals surface area contributed by atoms with Crippen molar-refractivity contribution in [3.8, 4) is 0 Å². The SMILES string of the molecule is O=C(c1ccccc1F)N1CCc2nc(N3CCOCC3)nc(N3CCCC3)c2C1. The van der Waals surface area contributed by atoms with Crippen LogP contribution in [0.5, 0.6) is 0 Å². The van der Waals surface area contributed by atoms with Crippen LogP contribution >= 0.6 is 0 Å². The maximum absolute atomic E-state index is 14.2. The fraction of sp³-hybridized carbons (Fsp3) is 0.500. The van der Waals surface area contributed by atoms with Crippen molar-refractivity contribution in [2.45, 2.75) is 25.8 Å². The summed E-state index contributed by atoms with van der Waals surface area (Å²) in [5.74, 6) is 0.938. The van der Waals surface area contributed by atoms with Crippen molar-refractivity contribution in [3.05, 3.63) is 46.9 Å². The van der Waals surface area contributed by atoms with E-state index in [0.717, 1.165) is 62.0 Å². The van der Waals surface area contributed by atoms with Crippen molar-refractivity contribution < 1.29 is 13.9 Å². The lowest BCUT2D eigenvalue weighted by Crippen LogP contribution is -2.40. The van der Waals surface area contributed by atoms with Gasteiger partial charge in [-0.1, -0.05) is 12.1 Å². The predicted octanol–water partition coefficient (Wildman–Crippen LogP) is 2.25. The molecule has 3 aliphatic rings. The molecule has 4 heterocycles. The summed E-state index contributed by atoms with van der Waals surface area (Å²) >= 11 is 0. The molecular weight excluding hydrogens is 385 g/mol. The van der Waals surface area contributed by atoms with E-state index in [2.05, 4.69) is 9.80 Å². The Kier molecular flexibility index (Phi) is 5.25. The van der Waals surface area contributed by atoms with Gasteiger partial charge >= 0.3 is 0 Å². The normalized spacial score (nSPS) is 19.2. The highest BCUT2D eigenvalue weighted by atomic mass is 19.1. The summed E-state index contributed by atoms with van der Waals surface area (Å²) in [6.07, 6.45) is 2.93. The third-order valence-electron chi connectivity index (χ3n) is 6.12. The smallest absolute Gasteiger partial charge is 0.257 e. The molecule has 8 heteroatoms. The van der Waals surface area contributed by atoms with Crippen LogP contribution in [0.15, 0.2) is 24.3 Å². The Labute approximate surface area is 175 Å². The molecule has 0 N–H and O–H groups in total. The van der Waals surface area contributed by atoms with Gasteiger partial charge in [0.05, 0.1) is 31.0 Å². The van der Waals surface area contributed by atoms with E-state index in [1.807, 2.05) is 0 Å². The van der Waals surface area contributed by atoms with Crippen molar-refractivity contribution >= 4 is 17.7 Å². The molecule has 158 valence electrons. The number of hydrogen-bond donors (Lipinski definition) is 0. The van der Waals surface area contributed by atoms with Gasteiger partial charge in [-0.15, -0.1) is 0 Å². The van der Waals surface area contributed by atoms with Gasteiger partial charge in [0.2, 0.25) is 5.95 Å². The molecule has 3 aliphatic heterocycles. The lowest BCUT2D eigenvalue weighted by molar-refractivity contribution is 0.0728. The average molecular weight is 411 g/mol. The molecule has 0 saturated carbocycles. The second kappa shape index (κ2) is 8.18. The Morgan fingerprint density at radius 1 is 0.967 bits per heavy atom. The summed E-state index contributed by atoms with van der Waals surface area (Å²) in [6.45, 7) is 5.82. The van der Waals surface area contributed by atoms with Gasteiger partial charge in [0, 0.05) is 44.7 Å². The highest BCUT2D eigenvalue weighted by Gasteiger charge is 2.30. The molecule has 2 fully saturated rings. The quantitative estimate of drug-likeness (QED) is 0.772. The van der Waals surface area contributed by atoms with Crippen molar-refractivity contribution in [1.29, 1.82) is 0 Å². The zero-order chi connectivity index (χ0) is 20.5. The summed E-state index contributed by atoms with van der Waals surface area (Å²) in [7, 11) is 0. The van der Waals surface area contributed by atoms with E-state index in [4.69, 9.17) is 14.7 Å². The zero-order valence-electron chi connectivity index (χ0n) is 17.0. The number of amides is 1. The van der Waals surface area contributed by atoms with Crippen molar-refractivity contribution in [1.82, 2.24) is 14.9 Å².